The lowest BCUT2D eigenvalue weighted by Gasteiger charge is -2.23. The second-order valence-electron chi connectivity index (χ2n) is 5.25. The number of amides is 2. The van der Waals surface area contributed by atoms with Crippen LogP contribution >= 0.6 is 11.3 Å². The van der Waals surface area contributed by atoms with Crippen molar-refractivity contribution in [3.63, 3.8) is 0 Å². The lowest BCUT2D eigenvalue weighted by Crippen LogP contribution is -2.44. The molecule has 0 saturated carbocycles. The Balaban J connectivity index is 1.91. The fourth-order valence-corrected chi connectivity index (χ4v) is 2.86. The molecular weight excluding hydrogens is 300 g/mol. The summed E-state index contributed by atoms with van der Waals surface area (Å²) in [6.07, 6.45) is -0.152. The Morgan fingerprint density at radius 2 is 1.86 bits per heavy atom. The van der Waals surface area contributed by atoms with Gasteiger partial charge in [-0.1, -0.05) is 30.3 Å². The highest BCUT2D eigenvalue weighted by molar-refractivity contribution is 7.12. The van der Waals surface area contributed by atoms with Crippen molar-refractivity contribution in [1.82, 2.24) is 10.9 Å². The van der Waals surface area contributed by atoms with E-state index in [1.807, 2.05) is 24.4 Å². The van der Waals surface area contributed by atoms with Crippen molar-refractivity contribution < 1.29 is 14.7 Å². The van der Waals surface area contributed by atoms with Crippen molar-refractivity contribution in [2.45, 2.75) is 25.9 Å². The van der Waals surface area contributed by atoms with Gasteiger partial charge in [0.2, 0.25) is 5.91 Å². The van der Waals surface area contributed by atoms with E-state index < -0.39 is 11.5 Å². The normalized spacial score (nSPS) is 13.2. The van der Waals surface area contributed by atoms with Crippen molar-refractivity contribution in [1.29, 1.82) is 0 Å². The van der Waals surface area contributed by atoms with Gasteiger partial charge in [0.25, 0.3) is 5.91 Å². The predicted molar refractivity (Wildman–Crippen MR) is 85.3 cm³/mol. The van der Waals surface area contributed by atoms with E-state index in [1.165, 1.54) is 11.3 Å². The summed E-state index contributed by atoms with van der Waals surface area (Å²) in [6, 6.07) is 10.8. The first-order valence-electron chi connectivity index (χ1n) is 6.81. The zero-order valence-corrected chi connectivity index (χ0v) is 13.2. The molecule has 3 N–H and O–H groups in total. The third-order valence-corrected chi connectivity index (χ3v) is 4.30. The SMILES string of the molecule is Cc1ccsc1C(=O)NNC(=O)CC(C)(O)c1ccccc1. The van der Waals surface area contributed by atoms with Gasteiger partial charge in [-0.3, -0.25) is 20.4 Å². The molecule has 2 rings (SSSR count). The Morgan fingerprint density at radius 1 is 1.18 bits per heavy atom. The Bertz CT molecular complexity index is 665. The third kappa shape index (κ3) is 3.93. The smallest absolute Gasteiger partial charge is 0.280 e. The maximum atomic E-state index is 11.9. The van der Waals surface area contributed by atoms with Crippen LogP contribution in [-0.2, 0) is 10.4 Å². The first-order valence-corrected chi connectivity index (χ1v) is 7.69. The van der Waals surface area contributed by atoms with E-state index in [4.69, 9.17) is 0 Å². The van der Waals surface area contributed by atoms with Crippen LogP contribution in [0.15, 0.2) is 41.8 Å². The predicted octanol–water partition coefficient (Wildman–Crippen LogP) is 2.12. The van der Waals surface area contributed by atoms with Crippen LogP contribution in [0.5, 0.6) is 0 Å². The zero-order chi connectivity index (χ0) is 16.2. The minimum Gasteiger partial charge on any atom is -0.385 e. The van der Waals surface area contributed by atoms with E-state index in [2.05, 4.69) is 10.9 Å². The van der Waals surface area contributed by atoms with Crippen LogP contribution in [-0.4, -0.2) is 16.9 Å². The fourth-order valence-electron chi connectivity index (χ4n) is 2.04. The molecule has 1 atom stereocenters. The number of rotatable bonds is 4. The van der Waals surface area contributed by atoms with Gasteiger partial charge < -0.3 is 5.11 Å². The number of hydrogen-bond acceptors (Lipinski definition) is 4. The van der Waals surface area contributed by atoms with Crippen molar-refractivity contribution in [3.05, 3.63) is 57.8 Å². The number of nitrogens with one attached hydrogen (secondary N) is 2. The molecule has 2 aromatic rings. The Morgan fingerprint density at radius 3 is 2.45 bits per heavy atom. The van der Waals surface area contributed by atoms with Gasteiger partial charge in [0.15, 0.2) is 0 Å². The van der Waals surface area contributed by atoms with Crippen LogP contribution in [0.2, 0.25) is 0 Å². The third-order valence-electron chi connectivity index (χ3n) is 3.28. The second-order valence-corrected chi connectivity index (χ2v) is 6.17. The minimum atomic E-state index is -1.30. The molecule has 1 unspecified atom stereocenters. The largest absolute Gasteiger partial charge is 0.385 e. The van der Waals surface area contributed by atoms with E-state index in [0.29, 0.717) is 10.4 Å². The average molecular weight is 318 g/mol. The summed E-state index contributed by atoms with van der Waals surface area (Å²) in [5.74, 6) is -0.823. The molecule has 0 saturated heterocycles. The quantitative estimate of drug-likeness (QED) is 0.756. The molecule has 0 aliphatic rings. The van der Waals surface area contributed by atoms with Gasteiger partial charge >= 0.3 is 0 Å². The van der Waals surface area contributed by atoms with Crippen LogP contribution in [0.4, 0.5) is 0 Å². The minimum absolute atomic E-state index is 0.152. The zero-order valence-electron chi connectivity index (χ0n) is 12.4. The maximum absolute atomic E-state index is 11.9. The summed E-state index contributed by atoms with van der Waals surface area (Å²) in [7, 11) is 0. The van der Waals surface area contributed by atoms with Crippen molar-refractivity contribution >= 4 is 23.2 Å². The lowest BCUT2D eigenvalue weighted by atomic mass is 9.92. The van der Waals surface area contributed by atoms with Crippen LogP contribution in [0.1, 0.15) is 34.1 Å². The molecule has 1 aromatic heterocycles. The van der Waals surface area contributed by atoms with Gasteiger partial charge in [0.1, 0.15) is 0 Å². The summed E-state index contributed by atoms with van der Waals surface area (Å²) in [4.78, 5) is 24.3. The number of thiophene rings is 1. The molecule has 22 heavy (non-hydrogen) atoms. The van der Waals surface area contributed by atoms with Gasteiger partial charge in [-0.2, -0.15) is 0 Å². The molecule has 2 amide bonds. The number of benzene rings is 1. The average Bonchev–Trinajstić information content (AvgIpc) is 2.91. The molecule has 5 nitrogen and oxygen atoms in total. The Labute approximate surface area is 133 Å². The molecule has 0 spiro atoms. The summed E-state index contributed by atoms with van der Waals surface area (Å²) in [6.45, 7) is 3.39. The number of hydrazine groups is 1. The van der Waals surface area contributed by atoms with Crippen LogP contribution in [0.3, 0.4) is 0 Å². The molecule has 1 heterocycles. The van der Waals surface area contributed by atoms with E-state index in [9.17, 15) is 14.7 Å². The first-order chi connectivity index (χ1) is 10.4. The first kappa shape index (κ1) is 16.2. The molecule has 6 heteroatoms. The van der Waals surface area contributed by atoms with Gasteiger partial charge in [-0.15, -0.1) is 11.3 Å². The topological polar surface area (TPSA) is 78.4 Å². The Kier molecular flexibility index (Phi) is 4.95. The number of hydrogen-bond donors (Lipinski definition) is 3. The molecule has 0 fully saturated rings. The molecular formula is C16H18N2O3S. The molecule has 116 valence electrons. The monoisotopic (exact) mass is 318 g/mol. The summed E-state index contributed by atoms with van der Waals surface area (Å²) < 4.78 is 0. The van der Waals surface area contributed by atoms with E-state index in [-0.39, 0.29) is 12.3 Å². The highest BCUT2D eigenvalue weighted by Crippen LogP contribution is 2.23. The maximum Gasteiger partial charge on any atom is 0.280 e. The van der Waals surface area contributed by atoms with E-state index in [0.717, 1.165) is 5.56 Å². The van der Waals surface area contributed by atoms with Gasteiger partial charge in [0.05, 0.1) is 16.9 Å². The van der Waals surface area contributed by atoms with Crippen molar-refractivity contribution in [2.24, 2.45) is 0 Å². The lowest BCUT2D eigenvalue weighted by molar-refractivity contribution is -0.126. The fraction of sp³-hybridized carbons (Fsp3) is 0.250. The standard InChI is InChI=1S/C16H18N2O3S/c1-11-8-9-22-14(11)15(20)18-17-13(19)10-16(2,21)12-6-4-3-5-7-12/h3-9,21H,10H2,1-2H3,(H,17,19)(H,18,20). The Hall–Kier alpha value is -2.18. The number of aryl methyl sites for hydroxylation is 1. The highest BCUT2D eigenvalue weighted by atomic mass is 32.1. The molecule has 0 bridgehead atoms. The molecule has 0 radical (unpaired) electrons. The summed E-state index contributed by atoms with van der Waals surface area (Å²) in [5, 5.41) is 12.2. The van der Waals surface area contributed by atoms with E-state index in [1.54, 1.807) is 31.2 Å². The number of carbonyl (C=O) groups excluding carboxylic acids is 2. The van der Waals surface area contributed by atoms with Gasteiger partial charge in [0, 0.05) is 0 Å². The van der Waals surface area contributed by atoms with Gasteiger partial charge in [-0.25, -0.2) is 0 Å². The summed E-state index contributed by atoms with van der Waals surface area (Å²) >= 11 is 1.31. The van der Waals surface area contributed by atoms with E-state index >= 15 is 0 Å². The molecule has 1 aromatic carbocycles. The highest BCUT2D eigenvalue weighted by Gasteiger charge is 2.26. The number of carbonyl (C=O) groups is 2. The van der Waals surface area contributed by atoms with Crippen molar-refractivity contribution in [3.8, 4) is 0 Å². The van der Waals surface area contributed by atoms with Crippen LogP contribution < -0.4 is 10.9 Å². The van der Waals surface area contributed by atoms with Crippen molar-refractivity contribution in [2.75, 3.05) is 0 Å². The summed E-state index contributed by atoms with van der Waals surface area (Å²) in [5.41, 5.74) is 4.89. The van der Waals surface area contributed by atoms with Gasteiger partial charge in [-0.05, 0) is 36.4 Å². The van der Waals surface area contributed by atoms with Crippen LogP contribution in [0, 0.1) is 6.92 Å². The molecule has 0 aliphatic heterocycles. The second kappa shape index (κ2) is 6.72. The van der Waals surface area contributed by atoms with Crippen LogP contribution in [0.25, 0.3) is 0 Å². The molecule has 0 aliphatic carbocycles. The number of aliphatic hydroxyl groups is 1.